The van der Waals surface area contributed by atoms with E-state index in [9.17, 15) is 9.59 Å². The van der Waals surface area contributed by atoms with Gasteiger partial charge in [-0.05, 0) is 31.9 Å². The van der Waals surface area contributed by atoms with Crippen LogP contribution in [0.5, 0.6) is 0 Å². The van der Waals surface area contributed by atoms with Gasteiger partial charge in [-0.15, -0.1) is 0 Å². The summed E-state index contributed by atoms with van der Waals surface area (Å²) in [6.07, 6.45) is 3.55. The van der Waals surface area contributed by atoms with Gasteiger partial charge in [0.2, 0.25) is 5.91 Å². The van der Waals surface area contributed by atoms with E-state index in [-0.39, 0.29) is 12.0 Å². The SMILES string of the molecule is CCOC(=O)N1CCC(NCCC(=O)NCc2ccco2)CC1. The predicted octanol–water partition coefficient (Wildman–Crippen LogP) is 1.50. The Bertz CT molecular complexity index is 482. The van der Waals surface area contributed by atoms with Crippen molar-refractivity contribution < 1.29 is 18.7 Å². The van der Waals surface area contributed by atoms with Crippen molar-refractivity contribution in [2.24, 2.45) is 0 Å². The van der Waals surface area contributed by atoms with Crippen molar-refractivity contribution in [1.29, 1.82) is 0 Å². The number of hydrogen-bond donors (Lipinski definition) is 2. The van der Waals surface area contributed by atoms with Crippen LogP contribution in [0, 0.1) is 0 Å². The second-order valence-corrected chi connectivity index (χ2v) is 5.52. The lowest BCUT2D eigenvalue weighted by atomic mass is 10.1. The summed E-state index contributed by atoms with van der Waals surface area (Å²) in [5, 5.41) is 6.19. The fraction of sp³-hybridized carbons (Fsp3) is 0.625. The quantitative estimate of drug-likeness (QED) is 0.794. The van der Waals surface area contributed by atoms with Gasteiger partial charge in [-0.2, -0.15) is 0 Å². The van der Waals surface area contributed by atoms with Crippen LogP contribution < -0.4 is 10.6 Å². The van der Waals surface area contributed by atoms with Gasteiger partial charge in [-0.1, -0.05) is 0 Å². The van der Waals surface area contributed by atoms with Gasteiger partial charge in [0.05, 0.1) is 19.4 Å². The van der Waals surface area contributed by atoms with Gasteiger partial charge in [0.1, 0.15) is 5.76 Å². The van der Waals surface area contributed by atoms with Crippen LogP contribution in [0.15, 0.2) is 22.8 Å². The normalized spacial score (nSPS) is 15.4. The Morgan fingerprint density at radius 3 is 2.83 bits per heavy atom. The number of piperidine rings is 1. The van der Waals surface area contributed by atoms with E-state index in [1.54, 1.807) is 17.2 Å². The molecule has 0 spiro atoms. The van der Waals surface area contributed by atoms with Gasteiger partial charge < -0.3 is 24.7 Å². The summed E-state index contributed by atoms with van der Waals surface area (Å²) in [7, 11) is 0. The van der Waals surface area contributed by atoms with Crippen LogP contribution in [-0.2, 0) is 16.1 Å². The van der Waals surface area contributed by atoms with Crippen LogP contribution in [0.4, 0.5) is 4.79 Å². The summed E-state index contributed by atoms with van der Waals surface area (Å²) in [6.45, 7) is 4.66. The largest absolute Gasteiger partial charge is 0.467 e. The molecule has 1 aliphatic rings. The fourth-order valence-corrected chi connectivity index (χ4v) is 2.56. The van der Waals surface area contributed by atoms with Crippen LogP contribution >= 0.6 is 0 Å². The second kappa shape index (κ2) is 9.19. The highest BCUT2D eigenvalue weighted by atomic mass is 16.6. The first-order chi connectivity index (χ1) is 11.2. The highest BCUT2D eigenvalue weighted by Crippen LogP contribution is 2.11. The molecule has 2 N–H and O–H groups in total. The van der Waals surface area contributed by atoms with Crippen molar-refractivity contribution in [3.05, 3.63) is 24.2 Å². The minimum atomic E-state index is -0.233. The molecule has 0 atom stereocenters. The van der Waals surface area contributed by atoms with Crippen LogP contribution in [0.25, 0.3) is 0 Å². The first-order valence-electron chi connectivity index (χ1n) is 8.13. The van der Waals surface area contributed by atoms with E-state index in [2.05, 4.69) is 10.6 Å². The molecule has 1 aromatic rings. The Labute approximate surface area is 136 Å². The minimum Gasteiger partial charge on any atom is -0.467 e. The van der Waals surface area contributed by atoms with Gasteiger partial charge in [0.25, 0.3) is 0 Å². The smallest absolute Gasteiger partial charge is 0.409 e. The topological polar surface area (TPSA) is 83.8 Å². The van der Waals surface area contributed by atoms with Gasteiger partial charge in [0, 0.05) is 32.1 Å². The molecule has 128 valence electrons. The maximum absolute atomic E-state index is 11.7. The molecule has 1 fully saturated rings. The third-order valence-electron chi connectivity index (χ3n) is 3.85. The fourth-order valence-electron chi connectivity index (χ4n) is 2.56. The highest BCUT2D eigenvalue weighted by Gasteiger charge is 2.23. The maximum Gasteiger partial charge on any atom is 0.409 e. The second-order valence-electron chi connectivity index (χ2n) is 5.52. The van der Waals surface area contributed by atoms with Gasteiger partial charge in [-0.25, -0.2) is 4.79 Å². The molecule has 1 saturated heterocycles. The molecule has 1 aliphatic heterocycles. The molecular weight excluding hydrogens is 298 g/mol. The van der Waals surface area contributed by atoms with Crippen molar-refractivity contribution in [3.63, 3.8) is 0 Å². The van der Waals surface area contributed by atoms with E-state index in [4.69, 9.17) is 9.15 Å². The summed E-state index contributed by atoms with van der Waals surface area (Å²) < 4.78 is 10.2. The van der Waals surface area contributed by atoms with E-state index >= 15 is 0 Å². The Morgan fingerprint density at radius 2 is 2.17 bits per heavy atom. The van der Waals surface area contributed by atoms with Gasteiger partial charge >= 0.3 is 6.09 Å². The highest BCUT2D eigenvalue weighted by molar-refractivity contribution is 5.75. The summed E-state index contributed by atoms with van der Waals surface area (Å²) >= 11 is 0. The number of amides is 2. The molecule has 1 aromatic heterocycles. The summed E-state index contributed by atoms with van der Waals surface area (Å²) in [5.74, 6) is 0.746. The number of ether oxygens (including phenoxy) is 1. The van der Waals surface area contributed by atoms with Crippen LogP contribution in [0.3, 0.4) is 0 Å². The third kappa shape index (κ3) is 5.94. The van der Waals surface area contributed by atoms with E-state index in [0.29, 0.717) is 45.2 Å². The molecule has 2 amide bonds. The molecule has 0 unspecified atom stereocenters. The standard InChI is InChI=1S/C16H25N3O4/c1-2-22-16(21)19-9-6-13(7-10-19)17-8-5-15(20)18-12-14-4-3-11-23-14/h3-4,11,13,17H,2,5-10,12H2,1H3,(H,18,20). The van der Waals surface area contributed by atoms with Crippen molar-refractivity contribution in [1.82, 2.24) is 15.5 Å². The number of rotatable bonds is 7. The lowest BCUT2D eigenvalue weighted by Gasteiger charge is -2.31. The Hall–Kier alpha value is -2.02. The zero-order chi connectivity index (χ0) is 16.5. The predicted molar refractivity (Wildman–Crippen MR) is 84.8 cm³/mol. The monoisotopic (exact) mass is 323 g/mol. The average molecular weight is 323 g/mol. The molecule has 0 aliphatic carbocycles. The minimum absolute atomic E-state index is 0.00198. The average Bonchev–Trinajstić information content (AvgIpc) is 3.07. The van der Waals surface area contributed by atoms with Crippen molar-refractivity contribution >= 4 is 12.0 Å². The van der Waals surface area contributed by atoms with E-state index in [1.807, 2.05) is 13.0 Å². The van der Waals surface area contributed by atoms with Crippen LogP contribution in [0.1, 0.15) is 31.9 Å². The number of hydrogen-bond acceptors (Lipinski definition) is 5. The zero-order valence-corrected chi connectivity index (χ0v) is 13.5. The van der Waals surface area contributed by atoms with Crippen molar-refractivity contribution in [2.45, 2.75) is 38.8 Å². The summed E-state index contributed by atoms with van der Waals surface area (Å²) in [5.41, 5.74) is 0. The molecule has 0 saturated carbocycles. The maximum atomic E-state index is 11.7. The number of nitrogens with zero attached hydrogens (tertiary/aromatic N) is 1. The molecule has 0 aromatic carbocycles. The van der Waals surface area contributed by atoms with Gasteiger partial charge in [-0.3, -0.25) is 4.79 Å². The molecule has 23 heavy (non-hydrogen) atoms. The molecule has 2 rings (SSSR count). The Morgan fingerprint density at radius 1 is 1.39 bits per heavy atom. The lowest BCUT2D eigenvalue weighted by molar-refractivity contribution is -0.121. The third-order valence-corrected chi connectivity index (χ3v) is 3.85. The molecular formula is C16H25N3O4. The number of carbonyl (C=O) groups is 2. The molecule has 2 heterocycles. The van der Waals surface area contributed by atoms with Crippen molar-refractivity contribution in [3.8, 4) is 0 Å². The van der Waals surface area contributed by atoms with Crippen LogP contribution in [0.2, 0.25) is 0 Å². The number of carbonyl (C=O) groups excluding carboxylic acids is 2. The van der Waals surface area contributed by atoms with Crippen molar-refractivity contribution in [2.75, 3.05) is 26.2 Å². The Balaban J connectivity index is 1.55. The van der Waals surface area contributed by atoms with E-state index < -0.39 is 0 Å². The lowest BCUT2D eigenvalue weighted by Crippen LogP contribution is -2.45. The number of furan rings is 1. The Kier molecular flexibility index (Phi) is 6.93. The molecule has 0 bridgehead atoms. The van der Waals surface area contributed by atoms with E-state index in [0.717, 1.165) is 18.6 Å². The molecule has 0 radical (unpaired) electrons. The van der Waals surface area contributed by atoms with Crippen LogP contribution in [-0.4, -0.2) is 49.2 Å². The first kappa shape index (κ1) is 17.3. The van der Waals surface area contributed by atoms with E-state index in [1.165, 1.54) is 0 Å². The zero-order valence-electron chi connectivity index (χ0n) is 13.5. The number of nitrogens with one attached hydrogen (secondary N) is 2. The summed E-state index contributed by atoms with van der Waals surface area (Å²) in [6, 6.07) is 3.97. The molecule has 7 heteroatoms. The van der Waals surface area contributed by atoms with Gasteiger partial charge in [0.15, 0.2) is 0 Å². The molecule has 7 nitrogen and oxygen atoms in total. The number of likely N-dealkylation sites (tertiary alicyclic amines) is 1. The summed E-state index contributed by atoms with van der Waals surface area (Å²) in [4.78, 5) is 25.1. The first-order valence-corrected chi connectivity index (χ1v) is 8.13.